The van der Waals surface area contributed by atoms with Crippen LogP contribution in [0.1, 0.15) is 39.0 Å². The summed E-state index contributed by atoms with van der Waals surface area (Å²) in [5.74, 6) is 0.771. The topological polar surface area (TPSA) is 49.4 Å². The van der Waals surface area contributed by atoms with E-state index in [4.69, 9.17) is 0 Å². The van der Waals surface area contributed by atoms with Crippen LogP contribution in [0.15, 0.2) is 0 Å². The van der Waals surface area contributed by atoms with E-state index in [-0.39, 0.29) is 6.04 Å². The van der Waals surface area contributed by atoms with Crippen molar-refractivity contribution in [2.24, 2.45) is 5.92 Å². The highest BCUT2D eigenvalue weighted by Crippen LogP contribution is 2.26. The quantitative estimate of drug-likeness (QED) is 0.808. The van der Waals surface area contributed by atoms with Gasteiger partial charge in [-0.25, -0.2) is 8.42 Å². The fourth-order valence-corrected chi connectivity index (χ4v) is 5.02. The molecule has 0 spiro atoms. The van der Waals surface area contributed by atoms with Gasteiger partial charge >= 0.3 is 0 Å². The normalized spacial score (nSPS) is 23.9. The summed E-state index contributed by atoms with van der Waals surface area (Å²) in [6.07, 6.45) is 5.88. The van der Waals surface area contributed by atoms with E-state index in [1.54, 1.807) is 4.31 Å². The lowest BCUT2D eigenvalue weighted by atomic mass is 9.91. The molecule has 1 saturated heterocycles. The summed E-state index contributed by atoms with van der Waals surface area (Å²) < 4.78 is 26.4. The molecule has 2 rings (SSSR count). The Balaban J connectivity index is 1.95. The van der Waals surface area contributed by atoms with Crippen molar-refractivity contribution in [3.63, 3.8) is 0 Å². The van der Waals surface area contributed by atoms with Crippen molar-refractivity contribution < 1.29 is 8.42 Å². The molecule has 0 bridgehead atoms. The minimum atomic E-state index is -3.04. The Labute approximate surface area is 105 Å². The molecule has 2 fully saturated rings. The Morgan fingerprint density at radius 2 is 1.82 bits per heavy atom. The molecule has 0 aromatic rings. The maximum Gasteiger partial charge on any atom is 0.214 e. The number of nitrogens with one attached hydrogen (secondary N) is 1. The highest BCUT2D eigenvalue weighted by molar-refractivity contribution is 7.89. The first-order valence-electron chi connectivity index (χ1n) is 6.83. The second-order valence-electron chi connectivity index (χ2n) is 5.30. The predicted octanol–water partition coefficient (Wildman–Crippen LogP) is 1.19. The largest absolute Gasteiger partial charge is 0.313 e. The van der Waals surface area contributed by atoms with Crippen LogP contribution in [-0.4, -0.2) is 44.2 Å². The summed E-state index contributed by atoms with van der Waals surface area (Å²) in [6, 6.07) is 0.202. The minimum absolute atomic E-state index is 0.202. The molecule has 2 aliphatic rings. The first-order valence-corrected chi connectivity index (χ1v) is 8.44. The first kappa shape index (κ1) is 13.3. The van der Waals surface area contributed by atoms with Crippen molar-refractivity contribution >= 4 is 10.0 Å². The molecule has 5 heteroatoms. The van der Waals surface area contributed by atoms with Crippen LogP contribution >= 0.6 is 0 Å². The zero-order valence-corrected chi connectivity index (χ0v) is 11.5. The van der Waals surface area contributed by atoms with Crippen molar-refractivity contribution in [3.05, 3.63) is 0 Å². The van der Waals surface area contributed by atoms with E-state index < -0.39 is 10.0 Å². The first-order chi connectivity index (χ1) is 8.13. The molecule has 1 aliphatic carbocycles. The second-order valence-corrected chi connectivity index (χ2v) is 7.26. The molecular weight excluding hydrogens is 236 g/mol. The van der Waals surface area contributed by atoms with Gasteiger partial charge in [0.05, 0.1) is 5.75 Å². The van der Waals surface area contributed by atoms with E-state index in [1.165, 1.54) is 19.3 Å². The minimum Gasteiger partial charge on any atom is -0.313 e. The Morgan fingerprint density at radius 3 is 2.29 bits per heavy atom. The molecule has 0 atom stereocenters. The molecule has 4 nitrogen and oxygen atoms in total. The van der Waals surface area contributed by atoms with Gasteiger partial charge in [-0.3, -0.25) is 0 Å². The summed E-state index contributed by atoms with van der Waals surface area (Å²) >= 11 is 0. The third-order valence-electron chi connectivity index (χ3n) is 4.01. The van der Waals surface area contributed by atoms with Gasteiger partial charge in [-0.15, -0.1) is 0 Å². The molecule has 1 saturated carbocycles. The van der Waals surface area contributed by atoms with Crippen LogP contribution in [0.4, 0.5) is 0 Å². The van der Waals surface area contributed by atoms with Gasteiger partial charge in [0.15, 0.2) is 0 Å². The van der Waals surface area contributed by atoms with Gasteiger partial charge in [-0.05, 0) is 18.8 Å². The van der Waals surface area contributed by atoms with Crippen LogP contribution < -0.4 is 5.32 Å². The van der Waals surface area contributed by atoms with E-state index in [0.29, 0.717) is 18.2 Å². The maximum absolute atomic E-state index is 12.4. The molecule has 0 aromatic carbocycles. The summed E-state index contributed by atoms with van der Waals surface area (Å²) in [5.41, 5.74) is 0. The number of rotatable bonds is 5. The summed E-state index contributed by atoms with van der Waals surface area (Å²) in [5, 5.41) is 3.15. The maximum atomic E-state index is 12.4. The van der Waals surface area contributed by atoms with Crippen LogP contribution in [0.5, 0.6) is 0 Å². The van der Waals surface area contributed by atoms with E-state index in [2.05, 4.69) is 5.32 Å². The SMILES string of the molecule is CCN(C1CNC1)S(=O)(=O)CC1CCCCC1. The van der Waals surface area contributed by atoms with Crippen LogP contribution in [0.3, 0.4) is 0 Å². The lowest BCUT2D eigenvalue weighted by Crippen LogP contribution is -2.59. The number of hydrogen-bond donors (Lipinski definition) is 1. The van der Waals surface area contributed by atoms with E-state index >= 15 is 0 Å². The molecule has 1 aliphatic heterocycles. The Morgan fingerprint density at radius 1 is 1.18 bits per heavy atom. The lowest BCUT2D eigenvalue weighted by molar-refractivity contribution is 0.246. The van der Waals surface area contributed by atoms with E-state index in [1.807, 2.05) is 6.92 Å². The molecule has 0 amide bonds. The molecule has 0 unspecified atom stereocenters. The average molecular weight is 260 g/mol. The lowest BCUT2D eigenvalue weighted by Gasteiger charge is -2.37. The van der Waals surface area contributed by atoms with E-state index in [0.717, 1.165) is 25.9 Å². The molecule has 0 radical (unpaired) electrons. The van der Waals surface area contributed by atoms with Gasteiger partial charge in [-0.1, -0.05) is 26.2 Å². The molecule has 0 aromatic heterocycles. The molecule has 1 heterocycles. The molecule has 1 N–H and O–H groups in total. The zero-order chi connectivity index (χ0) is 12.3. The number of nitrogens with zero attached hydrogens (tertiary/aromatic N) is 1. The van der Waals surface area contributed by atoms with Crippen molar-refractivity contribution in [1.82, 2.24) is 9.62 Å². The Hall–Kier alpha value is -0.130. The van der Waals surface area contributed by atoms with Crippen molar-refractivity contribution in [1.29, 1.82) is 0 Å². The highest BCUT2D eigenvalue weighted by Gasteiger charge is 2.34. The van der Waals surface area contributed by atoms with Crippen LogP contribution in [0.2, 0.25) is 0 Å². The smallest absolute Gasteiger partial charge is 0.214 e. The van der Waals surface area contributed by atoms with Crippen molar-refractivity contribution in [2.75, 3.05) is 25.4 Å². The number of likely N-dealkylation sites (N-methyl/N-ethyl adjacent to an activating group) is 1. The van der Waals surface area contributed by atoms with Crippen LogP contribution in [-0.2, 0) is 10.0 Å². The Bertz CT molecular complexity index is 332. The highest BCUT2D eigenvalue weighted by atomic mass is 32.2. The van der Waals surface area contributed by atoms with Gasteiger partial charge in [0.1, 0.15) is 0 Å². The summed E-state index contributed by atoms with van der Waals surface area (Å²) in [6.45, 7) is 4.19. The fourth-order valence-electron chi connectivity index (χ4n) is 2.91. The standard InChI is InChI=1S/C12H24N2O2S/c1-2-14(12-8-13-9-12)17(15,16)10-11-6-4-3-5-7-11/h11-13H,2-10H2,1H3. The summed E-state index contributed by atoms with van der Waals surface area (Å²) in [4.78, 5) is 0. The van der Waals surface area contributed by atoms with Crippen molar-refractivity contribution in [2.45, 2.75) is 45.1 Å². The summed E-state index contributed by atoms with van der Waals surface area (Å²) in [7, 11) is -3.04. The van der Waals surface area contributed by atoms with Crippen LogP contribution in [0.25, 0.3) is 0 Å². The monoisotopic (exact) mass is 260 g/mol. The van der Waals surface area contributed by atoms with Gasteiger partial charge in [0.2, 0.25) is 10.0 Å². The number of sulfonamides is 1. The van der Waals surface area contributed by atoms with Crippen molar-refractivity contribution in [3.8, 4) is 0 Å². The predicted molar refractivity (Wildman–Crippen MR) is 69.4 cm³/mol. The third kappa shape index (κ3) is 3.20. The van der Waals surface area contributed by atoms with Gasteiger partial charge in [0, 0.05) is 25.7 Å². The van der Waals surface area contributed by atoms with E-state index in [9.17, 15) is 8.42 Å². The third-order valence-corrected chi connectivity index (χ3v) is 6.17. The average Bonchev–Trinajstić information content (AvgIpc) is 2.23. The number of hydrogen-bond acceptors (Lipinski definition) is 3. The Kier molecular flexibility index (Phi) is 4.44. The second kappa shape index (κ2) is 5.67. The van der Waals surface area contributed by atoms with Gasteiger partial charge < -0.3 is 5.32 Å². The zero-order valence-electron chi connectivity index (χ0n) is 10.7. The van der Waals surface area contributed by atoms with Gasteiger partial charge in [0.25, 0.3) is 0 Å². The fraction of sp³-hybridized carbons (Fsp3) is 1.00. The molecule has 100 valence electrons. The van der Waals surface area contributed by atoms with Gasteiger partial charge in [-0.2, -0.15) is 4.31 Å². The van der Waals surface area contributed by atoms with Crippen LogP contribution in [0, 0.1) is 5.92 Å². The molecule has 17 heavy (non-hydrogen) atoms. The molecular formula is C12H24N2O2S.